The van der Waals surface area contributed by atoms with Crippen molar-refractivity contribution in [1.82, 2.24) is 5.32 Å². The molecule has 1 saturated carbocycles. The van der Waals surface area contributed by atoms with E-state index in [9.17, 15) is 34.1 Å². The smallest absolute Gasteiger partial charge is 0.387 e. The highest BCUT2D eigenvalue weighted by atomic mass is 19.3. The SMILES string of the molecule is N#CC1(c2ccc(OC(F)F)c(OC3CCCC3)c2)CCC(NC(Cc2ccccc2)[N+](=O)[O-])=C(C(=O)O)C1. The number of hydrogen-bond donors (Lipinski definition) is 2. The van der Waals surface area contributed by atoms with E-state index in [-0.39, 0.29) is 54.6 Å². The first-order valence-electron chi connectivity index (χ1n) is 12.8. The normalized spacial score (nSPS) is 20.4. The molecule has 11 heteroatoms. The third-order valence-corrected chi connectivity index (χ3v) is 7.29. The fourth-order valence-corrected chi connectivity index (χ4v) is 5.25. The first kappa shape index (κ1) is 27.8. The summed E-state index contributed by atoms with van der Waals surface area (Å²) in [5, 5.41) is 34.8. The molecule has 2 N–H and O–H groups in total. The molecule has 2 atom stereocenters. The number of aliphatic carboxylic acids is 1. The number of carboxylic acids is 1. The molecule has 1 fully saturated rings. The molecule has 2 aliphatic carbocycles. The molecule has 39 heavy (non-hydrogen) atoms. The summed E-state index contributed by atoms with van der Waals surface area (Å²) in [5.74, 6) is -1.37. The fourth-order valence-electron chi connectivity index (χ4n) is 5.25. The van der Waals surface area contributed by atoms with Gasteiger partial charge in [0.1, 0.15) is 0 Å². The van der Waals surface area contributed by atoms with Crippen LogP contribution in [-0.2, 0) is 16.6 Å². The molecule has 0 spiro atoms. The highest BCUT2D eigenvalue weighted by molar-refractivity contribution is 5.88. The van der Waals surface area contributed by atoms with Gasteiger partial charge in [-0.25, -0.2) is 4.79 Å². The van der Waals surface area contributed by atoms with Gasteiger partial charge in [0.2, 0.25) is 0 Å². The lowest BCUT2D eigenvalue weighted by Crippen LogP contribution is -2.41. The molecule has 0 aromatic heterocycles. The summed E-state index contributed by atoms with van der Waals surface area (Å²) in [6, 6.07) is 15.3. The number of nitro groups is 1. The summed E-state index contributed by atoms with van der Waals surface area (Å²) < 4.78 is 36.7. The zero-order chi connectivity index (χ0) is 28.0. The second kappa shape index (κ2) is 12.1. The number of rotatable bonds is 11. The Morgan fingerprint density at radius 2 is 1.92 bits per heavy atom. The van der Waals surface area contributed by atoms with Crippen LogP contribution >= 0.6 is 0 Å². The van der Waals surface area contributed by atoms with Crippen LogP contribution in [0, 0.1) is 21.4 Å². The minimum absolute atomic E-state index is 0.0428. The zero-order valence-corrected chi connectivity index (χ0v) is 21.1. The van der Waals surface area contributed by atoms with Gasteiger partial charge >= 0.3 is 12.6 Å². The molecule has 2 aromatic carbocycles. The van der Waals surface area contributed by atoms with E-state index in [1.165, 1.54) is 18.2 Å². The standard InChI is InChI=1S/C28H29F2N3O6/c29-27(30)39-23-11-10-19(15-24(23)38-20-8-4-5-9-20)28(17-31)13-12-22(21(16-28)26(34)35)32-25(33(36)37)14-18-6-2-1-3-7-18/h1-3,6-7,10-11,15,20,25,27,32H,4-5,8-9,12-14,16H2,(H,34,35). The van der Waals surface area contributed by atoms with Crippen LogP contribution in [0.25, 0.3) is 0 Å². The number of carbonyl (C=O) groups is 1. The Hall–Kier alpha value is -4.20. The molecule has 0 saturated heterocycles. The third kappa shape index (κ3) is 6.63. The predicted molar refractivity (Wildman–Crippen MR) is 136 cm³/mol. The van der Waals surface area contributed by atoms with E-state index in [2.05, 4.69) is 16.1 Å². The van der Waals surface area contributed by atoms with Crippen molar-refractivity contribution >= 4 is 5.97 Å². The van der Waals surface area contributed by atoms with E-state index in [4.69, 9.17) is 4.74 Å². The van der Waals surface area contributed by atoms with Gasteiger partial charge in [-0.2, -0.15) is 14.0 Å². The summed E-state index contributed by atoms with van der Waals surface area (Å²) in [6.07, 6.45) is 2.06. The summed E-state index contributed by atoms with van der Waals surface area (Å²) in [5.41, 5.74) is -0.112. The van der Waals surface area contributed by atoms with Gasteiger partial charge in [-0.3, -0.25) is 10.1 Å². The van der Waals surface area contributed by atoms with E-state index >= 15 is 0 Å². The number of nitrogens with one attached hydrogen (secondary N) is 1. The van der Waals surface area contributed by atoms with E-state index in [1.54, 1.807) is 30.3 Å². The van der Waals surface area contributed by atoms with Crippen LogP contribution in [0.15, 0.2) is 59.8 Å². The number of ether oxygens (including phenoxy) is 2. The second-order valence-corrected chi connectivity index (χ2v) is 9.83. The maximum absolute atomic E-state index is 13.0. The summed E-state index contributed by atoms with van der Waals surface area (Å²) in [4.78, 5) is 23.6. The van der Waals surface area contributed by atoms with Crippen LogP contribution in [-0.4, -0.2) is 34.9 Å². The highest BCUT2D eigenvalue weighted by Gasteiger charge is 2.41. The minimum atomic E-state index is -3.07. The molecule has 4 rings (SSSR count). The van der Waals surface area contributed by atoms with Gasteiger partial charge in [-0.15, -0.1) is 0 Å². The first-order chi connectivity index (χ1) is 18.7. The molecule has 0 radical (unpaired) electrons. The summed E-state index contributed by atoms with van der Waals surface area (Å²) >= 11 is 0. The van der Waals surface area contributed by atoms with Gasteiger partial charge in [0.15, 0.2) is 11.5 Å². The largest absolute Gasteiger partial charge is 0.487 e. The Labute approximate surface area is 224 Å². The van der Waals surface area contributed by atoms with Crippen molar-refractivity contribution in [3.63, 3.8) is 0 Å². The number of halogens is 2. The van der Waals surface area contributed by atoms with E-state index in [1.807, 2.05) is 0 Å². The van der Waals surface area contributed by atoms with Crippen LogP contribution in [0.2, 0.25) is 0 Å². The Bertz CT molecular complexity index is 1270. The number of benzene rings is 2. The van der Waals surface area contributed by atoms with Gasteiger partial charge in [0.25, 0.3) is 6.17 Å². The average Bonchev–Trinajstić information content (AvgIpc) is 3.43. The number of nitrogens with zero attached hydrogens (tertiary/aromatic N) is 2. The molecule has 0 amide bonds. The van der Waals surface area contributed by atoms with Gasteiger partial charge in [-0.1, -0.05) is 36.4 Å². The summed E-state index contributed by atoms with van der Waals surface area (Å²) in [6.45, 7) is -3.07. The number of hydrogen-bond acceptors (Lipinski definition) is 7. The highest BCUT2D eigenvalue weighted by Crippen LogP contribution is 2.44. The Morgan fingerprint density at radius 3 is 2.54 bits per heavy atom. The molecule has 0 bridgehead atoms. The van der Waals surface area contributed by atoms with Gasteiger partial charge in [0.05, 0.1) is 29.6 Å². The fraction of sp³-hybridized carbons (Fsp3) is 0.429. The van der Waals surface area contributed by atoms with Crippen molar-refractivity contribution in [2.24, 2.45) is 0 Å². The van der Waals surface area contributed by atoms with Crippen molar-refractivity contribution in [3.8, 4) is 17.6 Å². The lowest BCUT2D eigenvalue weighted by molar-refractivity contribution is -0.527. The molecular weight excluding hydrogens is 512 g/mol. The predicted octanol–water partition coefficient (Wildman–Crippen LogP) is 5.33. The van der Waals surface area contributed by atoms with Crippen LogP contribution in [0.3, 0.4) is 0 Å². The Kier molecular flexibility index (Phi) is 8.64. The molecule has 2 aliphatic rings. The third-order valence-electron chi connectivity index (χ3n) is 7.29. The zero-order valence-electron chi connectivity index (χ0n) is 21.1. The van der Waals surface area contributed by atoms with Crippen molar-refractivity contribution in [2.45, 2.75) is 75.7 Å². The number of allylic oxidation sites excluding steroid dienone is 1. The molecule has 206 valence electrons. The lowest BCUT2D eigenvalue weighted by Gasteiger charge is -2.34. The van der Waals surface area contributed by atoms with Gasteiger partial charge < -0.3 is 19.9 Å². The molecule has 2 unspecified atom stereocenters. The van der Waals surface area contributed by atoms with E-state index in [0.29, 0.717) is 11.1 Å². The maximum Gasteiger partial charge on any atom is 0.387 e. The molecule has 0 heterocycles. The van der Waals surface area contributed by atoms with Crippen LogP contribution in [0.4, 0.5) is 8.78 Å². The van der Waals surface area contributed by atoms with Crippen molar-refractivity contribution in [1.29, 1.82) is 5.26 Å². The quantitative estimate of drug-likeness (QED) is 0.221. The number of nitriles is 1. The van der Waals surface area contributed by atoms with E-state index < -0.39 is 29.1 Å². The van der Waals surface area contributed by atoms with Crippen LogP contribution in [0.5, 0.6) is 11.5 Å². The Balaban J connectivity index is 1.64. The van der Waals surface area contributed by atoms with Crippen molar-refractivity contribution in [2.75, 3.05) is 0 Å². The summed E-state index contributed by atoms with van der Waals surface area (Å²) in [7, 11) is 0. The lowest BCUT2D eigenvalue weighted by atomic mass is 9.69. The second-order valence-electron chi connectivity index (χ2n) is 9.83. The van der Waals surface area contributed by atoms with E-state index in [0.717, 1.165) is 25.7 Å². The molecule has 2 aromatic rings. The van der Waals surface area contributed by atoms with Crippen LogP contribution in [0.1, 0.15) is 56.1 Å². The minimum Gasteiger partial charge on any atom is -0.487 e. The van der Waals surface area contributed by atoms with Gasteiger partial charge in [-0.05, 0) is 61.8 Å². The molecule has 0 aliphatic heterocycles. The average molecular weight is 542 g/mol. The van der Waals surface area contributed by atoms with Crippen molar-refractivity contribution < 1.29 is 33.1 Å². The van der Waals surface area contributed by atoms with Crippen molar-refractivity contribution in [3.05, 3.63) is 81.0 Å². The first-order valence-corrected chi connectivity index (χ1v) is 12.8. The molecular formula is C28H29F2N3O6. The number of carboxylic acid groups (broad SMARTS) is 1. The van der Waals surface area contributed by atoms with Crippen LogP contribution < -0.4 is 14.8 Å². The Morgan fingerprint density at radius 1 is 1.21 bits per heavy atom. The monoisotopic (exact) mass is 541 g/mol. The van der Waals surface area contributed by atoms with Gasteiger partial charge in [0, 0.05) is 17.0 Å². The maximum atomic E-state index is 13.0. The molecule has 9 nitrogen and oxygen atoms in total. The number of alkyl halides is 2. The topological polar surface area (TPSA) is 135 Å².